The minimum absolute atomic E-state index is 0.0725. The van der Waals surface area contributed by atoms with Gasteiger partial charge in [-0.15, -0.1) is 0 Å². The van der Waals surface area contributed by atoms with Crippen molar-refractivity contribution in [3.63, 3.8) is 0 Å². The zero-order chi connectivity index (χ0) is 23.3. The van der Waals surface area contributed by atoms with E-state index in [9.17, 15) is 4.79 Å². The monoisotopic (exact) mass is 553 g/mol. The van der Waals surface area contributed by atoms with Crippen molar-refractivity contribution in [2.75, 3.05) is 19.0 Å². The second-order valence-corrected chi connectivity index (χ2v) is 10.7. The van der Waals surface area contributed by atoms with Gasteiger partial charge in [-0.25, -0.2) is 0 Å². The van der Waals surface area contributed by atoms with E-state index in [1.165, 1.54) is 21.9 Å². The number of methoxy groups -OCH3 is 1. The number of Topliss-reactive ketones (excluding diaryl/α,β-unsaturated/α-hetero) is 1. The molecule has 0 aromatic heterocycles. The van der Waals surface area contributed by atoms with Crippen LogP contribution in [0.5, 0.6) is 11.5 Å². The number of allylic oxidation sites excluding steroid dienone is 1. The molecule has 1 aliphatic carbocycles. The molecule has 0 saturated heterocycles. The smallest absolute Gasteiger partial charge is 0.174 e. The largest absolute Gasteiger partial charge is 0.493 e. The predicted molar refractivity (Wildman–Crippen MR) is 142 cm³/mol. The molecule has 0 fully saturated rings. The third kappa shape index (κ3) is 3.80. The first kappa shape index (κ1) is 22.3. The number of hydrogen-bond acceptors (Lipinski definition) is 4. The normalized spacial score (nSPS) is 19.1. The molecule has 0 radical (unpaired) electrons. The Morgan fingerprint density at radius 1 is 1.12 bits per heavy atom. The number of nitrogens with one attached hydrogen (secondary N) is 1. The number of benzene rings is 3. The Bertz CT molecular complexity index is 1310. The van der Waals surface area contributed by atoms with E-state index in [2.05, 4.69) is 84.2 Å². The Morgan fingerprint density at radius 3 is 2.67 bits per heavy atom. The maximum absolute atomic E-state index is 13.6. The summed E-state index contributed by atoms with van der Waals surface area (Å²) in [7, 11) is 1.66. The topological polar surface area (TPSA) is 47.6 Å². The molecule has 3 aromatic carbocycles. The van der Waals surface area contributed by atoms with Crippen LogP contribution < -0.4 is 14.8 Å². The first-order chi connectivity index (χ1) is 15.8. The summed E-state index contributed by atoms with van der Waals surface area (Å²) in [5.41, 5.74) is 5.25. The fraction of sp³-hybridized carbons (Fsp3) is 0.321. The fourth-order valence-electron chi connectivity index (χ4n) is 5.28. The van der Waals surface area contributed by atoms with Gasteiger partial charge in [-0.2, -0.15) is 0 Å². The van der Waals surface area contributed by atoms with Gasteiger partial charge in [-0.05, 0) is 81.5 Å². The molecule has 33 heavy (non-hydrogen) atoms. The van der Waals surface area contributed by atoms with Gasteiger partial charge in [0.25, 0.3) is 0 Å². The summed E-state index contributed by atoms with van der Waals surface area (Å²) in [6.07, 6.45) is 1.42. The molecule has 1 aliphatic heterocycles. The first-order valence-electron chi connectivity index (χ1n) is 11.4. The second kappa shape index (κ2) is 8.35. The van der Waals surface area contributed by atoms with Gasteiger partial charge in [0.2, 0.25) is 0 Å². The summed E-state index contributed by atoms with van der Waals surface area (Å²) >= 11 is 2.29. The van der Waals surface area contributed by atoms with E-state index < -0.39 is 0 Å². The molecule has 0 saturated carbocycles. The summed E-state index contributed by atoms with van der Waals surface area (Å²) in [6.45, 7) is 6.92. The van der Waals surface area contributed by atoms with Crippen LogP contribution in [0.25, 0.3) is 16.3 Å². The Labute approximate surface area is 208 Å². The van der Waals surface area contributed by atoms with Crippen molar-refractivity contribution in [1.29, 1.82) is 0 Å². The van der Waals surface area contributed by atoms with Crippen LogP contribution in [-0.4, -0.2) is 19.5 Å². The van der Waals surface area contributed by atoms with E-state index >= 15 is 0 Å². The molecule has 170 valence electrons. The van der Waals surface area contributed by atoms with Crippen LogP contribution in [-0.2, 0) is 4.79 Å². The fourth-order valence-corrected chi connectivity index (χ4v) is 6.06. The lowest BCUT2D eigenvalue weighted by molar-refractivity contribution is -0.118. The van der Waals surface area contributed by atoms with Crippen LogP contribution in [0.3, 0.4) is 0 Å². The number of fused-ring (bicyclic) bond motifs is 4. The van der Waals surface area contributed by atoms with Gasteiger partial charge in [-0.1, -0.05) is 44.2 Å². The Balaban J connectivity index is 1.75. The Kier molecular flexibility index (Phi) is 5.63. The van der Waals surface area contributed by atoms with Crippen molar-refractivity contribution >= 4 is 50.4 Å². The highest BCUT2D eigenvalue weighted by atomic mass is 127. The third-order valence-corrected chi connectivity index (χ3v) is 7.41. The SMILES string of the molecule is CCOc1c(I)cc(C2Nc3ccc4ccccc4c3C3=C2C(=O)CC(C)(C)C3)cc1OC. The molecule has 1 unspecified atom stereocenters. The average molecular weight is 553 g/mol. The van der Waals surface area contributed by atoms with Crippen molar-refractivity contribution < 1.29 is 14.3 Å². The van der Waals surface area contributed by atoms with Crippen molar-refractivity contribution in [1.82, 2.24) is 0 Å². The number of anilines is 1. The van der Waals surface area contributed by atoms with E-state index in [4.69, 9.17) is 9.47 Å². The molecule has 1 N–H and O–H groups in total. The van der Waals surface area contributed by atoms with E-state index in [-0.39, 0.29) is 17.2 Å². The number of carbonyl (C=O) groups is 1. The zero-order valence-corrected chi connectivity index (χ0v) is 21.6. The average Bonchev–Trinajstić information content (AvgIpc) is 2.78. The second-order valence-electron chi connectivity index (χ2n) is 9.59. The lowest BCUT2D eigenvalue weighted by Gasteiger charge is -2.40. The summed E-state index contributed by atoms with van der Waals surface area (Å²) in [6, 6.07) is 16.6. The molecule has 1 heterocycles. The van der Waals surface area contributed by atoms with Gasteiger partial charge in [0.1, 0.15) is 0 Å². The maximum Gasteiger partial charge on any atom is 0.174 e. The van der Waals surface area contributed by atoms with Crippen molar-refractivity contribution in [3.8, 4) is 11.5 Å². The first-order valence-corrected chi connectivity index (χ1v) is 12.5. The molecule has 0 spiro atoms. The highest BCUT2D eigenvalue weighted by molar-refractivity contribution is 14.1. The summed E-state index contributed by atoms with van der Waals surface area (Å²) in [5.74, 6) is 1.66. The van der Waals surface area contributed by atoms with Crippen LogP contribution in [0, 0.1) is 8.99 Å². The highest BCUT2D eigenvalue weighted by Gasteiger charge is 2.41. The summed E-state index contributed by atoms with van der Waals surface area (Å²) in [4.78, 5) is 13.6. The maximum atomic E-state index is 13.6. The minimum atomic E-state index is -0.227. The minimum Gasteiger partial charge on any atom is -0.493 e. The number of carbonyl (C=O) groups excluding carboxylic acids is 1. The quantitative estimate of drug-likeness (QED) is 0.349. The number of ether oxygens (including phenoxy) is 2. The van der Waals surface area contributed by atoms with Crippen molar-refractivity contribution in [3.05, 3.63) is 68.8 Å². The number of rotatable bonds is 4. The van der Waals surface area contributed by atoms with Crippen LogP contribution >= 0.6 is 22.6 Å². The molecule has 3 aromatic rings. The molecule has 1 atom stereocenters. The standard InChI is InChI=1S/C28H28INO3/c1-5-33-27-20(29)12-17(13-23(27)32-4)26-25-19(14-28(2,3)15-22(25)31)24-18-9-7-6-8-16(18)10-11-21(24)30-26/h6-13,26,30H,5,14-15H2,1-4H3. The van der Waals surface area contributed by atoms with Crippen molar-refractivity contribution in [2.45, 2.75) is 39.7 Å². The van der Waals surface area contributed by atoms with Crippen LogP contribution in [0.4, 0.5) is 5.69 Å². The highest BCUT2D eigenvalue weighted by Crippen LogP contribution is 2.52. The van der Waals surface area contributed by atoms with Gasteiger partial charge in [0.05, 0.1) is 23.3 Å². The van der Waals surface area contributed by atoms with Gasteiger partial charge in [0, 0.05) is 23.2 Å². The molecule has 0 amide bonds. The number of ketones is 1. The lowest BCUT2D eigenvalue weighted by atomic mass is 9.68. The Hall–Kier alpha value is -2.54. The van der Waals surface area contributed by atoms with Gasteiger partial charge in [0.15, 0.2) is 17.3 Å². The van der Waals surface area contributed by atoms with Crippen LogP contribution in [0.1, 0.15) is 50.8 Å². The van der Waals surface area contributed by atoms with Gasteiger partial charge in [-0.3, -0.25) is 4.79 Å². The molecule has 5 heteroatoms. The van der Waals surface area contributed by atoms with E-state index in [1.54, 1.807) is 7.11 Å². The van der Waals surface area contributed by atoms with Crippen LogP contribution in [0.15, 0.2) is 54.1 Å². The predicted octanol–water partition coefficient (Wildman–Crippen LogP) is 7.16. The van der Waals surface area contributed by atoms with Gasteiger partial charge < -0.3 is 14.8 Å². The summed E-state index contributed by atoms with van der Waals surface area (Å²) in [5, 5.41) is 6.10. The van der Waals surface area contributed by atoms with E-state index in [0.29, 0.717) is 18.8 Å². The number of hydrogen-bond donors (Lipinski definition) is 1. The molecule has 4 nitrogen and oxygen atoms in total. The van der Waals surface area contributed by atoms with E-state index in [0.717, 1.165) is 32.6 Å². The van der Waals surface area contributed by atoms with Crippen molar-refractivity contribution in [2.24, 2.45) is 5.41 Å². The molecular formula is C28H28INO3. The third-order valence-electron chi connectivity index (χ3n) is 6.61. The summed E-state index contributed by atoms with van der Waals surface area (Å²) < 4.78 is 12.5. The molecule has 2 aliphatic rings. The Morgan fingerprint density at radius 2 is 1.91 bits per heavy atom. The van der Waals surface area contributed by atoms with E-state index in [1.807, 2.05) is 13.0 Å². The number of halogens is 1. The lowest BCUT2D eigenvalue weighted by Crippen LogP contribution is -2.33. The molecule has 0 bridgehead atoms. The van der Waals surface area contributed by atoms with Gasteiger partial charge >= 0.3 is 0 Å². The molecule has 5 rings (SSSR count). The van der Waals surface area contributed by atoms with Crippen LogP contribution in [0.2, 0.25) is 0 Å². The zero-order valence-electron chi connectivity index (χ0n) is 19.4. The molecular weight excluding hydrogens is 525 g/mol.